The second kappa shape index (κ2) is 7.46. The van der Waals surface area contributed by atoms with Gasteiger partial charge in [-0.3, -0.25) is 9.80 Å². The van der Waals surface area contributed by atoms with E-state index in [9.17, 15) is 0 Å². The highest BCUT2D eigenvalue weighted by molar-refractivity contribution is 4.82. The first kappa shape index (κ1) is 14.3. The highest BCUT2D eigenvalue weighted by Crippen LogP contribution is 2.24. The van der Waals surface area contributed by atoms with Crippen molar-refractivity contribution in [2.75, 3.05) is 39.3 Å². The van der Waals surface area contributed by atoms with E-state index in [1.54, 1.807) is 0 Å². The lowest BCUT2D eigenvalue weighted by Gasteiger charge is -2.38. The first-order valence-electron chi connectivity index (χ1n) is 7.99. The quantitative estimate of drug-likeness (QED) is 0.780. The molecule has 1 aliphatic heterocycles. The summed E-state index contributed by atoms with van der Waals surface area (Å²) in [5, 5.41) is 3.59. The van der Waals surface area contributed by atoms with E-state index >= 15 is 0 Å². The fraction of sp³-hybridized carbons (Fsp3) is 1.00. The maximum atomic E-state index is 3.59. The van der Waals surface area contributed by atoms with Gasteiger partial charge in [0.1, 0.15) is 0 Å². The van der Waals surface area contributed by atoms with E-state index in [-0.39, 0.29) is 0 Å². The molecule has 18 heavy (non-hydrogen) atoms. The Labute approximate surface area is 113 Å². The molecule has 1 atom stereocenters. The molecule has 1 N–H and O–H groups in total. The van der Waals surface area contributed by atoms with Crippen LogP contribution in [0, 0.1) is 0 Å². The van der Waals surface area contributed by atoms with Gasteiger partial charge in [-0.2, -0.15) is 0 Å². The van der Waals surface area contributed by atoms with Crippen LogP contribution in [0.2, 0.25) is 0 Å². The monoisotopic (exact) mass is 253 g/mol. The maximum Gasteiger partial charge on any atom is 0.0113 e. The van der Waals surface area contributed by atoms with Crippen LogP contribution >= 0.6 is 0 Å². The minimum atomic E-state index is 0.671. The Bertz CT molecular complexity index is 218. The molecule has 106 valence electrons. The molecule has 0 radical (unpaired) electrons. The van der Waals surface area contributed by atoms with Gasteiger partial charge in [-0.05, 0) is 26.2 Å². The van der Waals surface area contributed by atoms with Gasteiger partial charge in [0.25, 0.3) is 0 Å². The van der Waals surface area contributed by atoms with Gasteiger partial charge in [-0.15, -0.1) is 0 Å². The van der Waals surface area contributed by atoms with E-state index in [0.29, 0.717) is 6.04 Å². The summed E-state index contributed by atoms with van der Waals surface area (Å²) in [4.78, 5) is 5.37. The molecule has 1 heterocycles. The average Bonchev–Trinajstić information content (AvgIpc) is 2.93. The Kier molecular flexibility index (Phi) is 5.93. The number of rotatable bonds is 6. The van der Waals surface area contributed by atoms with Crippen LogP contribution in [0.1, 0.15) is 46.0 Å². The zero-order chi connectivity index (χ0) is 12.8. The molecule has 0 aromatic carbocycles. The molecule has 2 fully saturated rings. The van der Waals surface area contributed by atoms with E-state index in [4.69, 9.17) is 0 Å². The second-order valence-corrected chi connectivity index (χ2v) is 6.08. The summed E-state index contributed by atoms with van der Waals surface area (Å²) >= 11 is 0. The van der Waals surface area contributed by atoms with Crippen LogP contribution in [0.4, 0.5) is 0 Å². The minimum Gasteiger partial charge on any atom is -0.313 e. The Morgan fingerprint density at radius 1 is 1.11 bits per heavy atom. The average molecular weight is 253 g/mol. The molecule has 0 bridgehead atoms. The van der Waals surface area contributed by atoms with Gasteiger partial charge >= 0.3 is 0 Å². The highest BCUT2D eigenvalue weighted by Gasteiger charge is 2.25. The van der Waals surface area contributed by atoms with Crippen molar-refractivity contribution in [2.24, 2.45) is 0 Å². The lowest BCUT2D eigenvalue weighted by atomic mass is 10.2. The molecular weight excluding hydrogens is 222 g/mol. The molecule has 1 aliphatic carbocycles. The molecule has 0 spiro atoms. The van der Waals surface area contributed by atoms with Crippen LogP contribution in [0.15, 0.2) is 0 Å². The predicted octanol–water partition coefficient (Wildman–Crippen LogP) is 1.93. The zero-order valence-corrected chi connectivity index (χ0v) is 12.3. The first-order chi connectivity index (χ1) is 8.79. The molecule has 3 heteroatoms. The molecule has 2 rings (SSSR count). The van der Waals surface area contributed by atoms with Gasteiger partial charge in [0.05, 0.1) is 0 Å². The van der Waals surface area contributed by atoms with Crippen molar-refractivity contribution in [3.8, 4) is 0 Å². The van der Waals surface area contributed by atoms with Gasteiger partial charge in [-0.1, -0.05) is 19.8 Å². The summed E-state index contributed by atoms with van der Waals surface area (Å²) < 4.78 is 0. The normalized spacial score (nSPS) is 25.7. The van der Waals surface area contributed by atoms with Crippen LogP contribution in [0.25, 0.3) is 0 Å². The summed E-state index contributed by atoms with van der Waals surface area (Å²) in [6, 6.07) is 1.59. The summed E-state index contributed by atoms with van der Waals surface area (Å²) in [5.41, 5.74) is 0. The third-order valence-corrected chi connectivity index (χ3v) is 4.78. The Balaban J connectivity index is 1.58. The smallest absolute Gasteiger partial charge is 0.0113 e. The van der Waals surface area contributed by atoms with Gasteiger partial charge in [0.15, 0.2) is 0 Å². The molecule has 3 nitrogen and oxygen atoms in total. The SMILES string of the molecule is CCC(C)NCCN1CCN(C2CCCC2)CC1. The number of nitrogens with zero attached hydrogens (tertiary/aromatic N) is 2. The van der Waals surface area contributed by atoms with Crippen molar-refractivity contribution in [1.82, 2.24) is 15.1 Å². The Morgan fingerprint density at radius 3 is 2.39 bits per heavy atom. The van der Waals surface area contributed by atoms with Crippen LogP contribution in [-0.2, 0) is 0 Å². The topological polar surface area (TPSA) is 18.5 Å². The summed E-state index contributed by atoms with van der Waals surface area (Å²) in [7, 11) is 0. The van der Waals surface area contributed by atoms with Crippen molar-refractivity contribution in [2.45, 2.75) is 58.0 Å². The summed E-state index contributed by atoms with van der Waals surface area (Å²) in [5.74, 6) is 0. The molecule has 1 saturated heterocycles. The fourth-order valence-corrected chi connectivity index (χ4v) is 3.23. The van der Waals surface area contributed by atoms with Crippen molar-refractivity contribution in [1.29, 1.82) is 0 Å². The van der Waals surface area contributed by atoms with Crippen LogP contribution in [0.3, 0.4) is 0 Å². The molecular formula is C15H31N3. The van der Waals surface area contributed by atoms with Crippen molar-refractivity contribution in [3.63, 3.8) is 0 Å². The van der Waals surface area contributed by atoms with Crippen LogP contribution in [0.5, 0.6) is 0 Å². The van der Waals surface area contributed by atoms with Gasteiger partial charge in [0, 0.05) is 51.4 Å². The third kappa shape index (κ3) is 4.22. The lowest BCUT2D eigenvalue weighted by Crippen LogP contribution is -2.51. The van der Waals surface area contributed by atoms with E-state index in [1.165, 1.54) is 64.8 Å². The van der Waals surface area contributed by atoms with Crippen molar-refractivity contribution >= 4 is 0 Å². The minimum absolute atomic E-state index is 0.671. The molecule has 2 aliphatic rings. The van der Waals surface area contributed by atoms with E-state index in [0.717, 1.165) is 12.6 Å². The molecule has 1 unspecified atom stereocenters. The Hall–Kier alpha value is -0.120. The molecule has 0 aromatic rings. The summed E-state index contributed by atoms with van der Waals surface area (Å²) in [6.07, 6.45) is 7.06. The Morgan fingerprint density at radius 2 is 1.78 bits per heavy atom. The maximum absolute atomic E-state index is 3.59. The largest absolute Gasteiger partial charge is 0.313 e. The number of hydrogen-bond acceptors (Lipinski definition) is 3. The lowest BCUT2D eigenvalue weighted by molar-refractivity contribution is 0.0980. The van der Waals surface area contributed by atoms with Crippen molar-refractivity contribution in [3.05, 3.63) is 0 Å². The fourth-order valence-electron chi connectivity index (χ4n) is 3.23. The van der Waals surface area contributed by atoms with Crippen LogP contribution in [-0.4, -0.2) is 61.2 Å². The zero-order valence-electron chi connectivity index (χ0n) is 12.3. The molecule has 0 amide bonds. The van der Waals surface area contributed by atoms with Gasteiger partial charge in [-0.25, -0.2) is 0 Å². The van der Waals surface area contributed by atoms with Gasteiger partial charge < -0.3 is 5.32 Å². The standard InChI is InChI=1S/C15H31N3/c1-3-14(2)16-8-9-17-10-12-18(13-11-17)15-6-4-5-7-15/h14-16H,3-13H2,1-2H3. The van der Waals surface area contributed by atoms with Crippen molar-refractivity contribution < 1.29 is 0 Å². The number of nitrogens with one attached hydrogen (secondary N) is 1. The van der Waals surface area contributed by atoms with Gasteiger partial charge in [0.2, 0.25) is 0 Å². The molecule has 1 saturated carbocycles. The first-order valence-corrected chi connectivity index (χ1v) is 7.99. The highest BCUT2D eigenvalue weighted by atomic mass is 15.3. The number of piperazine rings is 1. The van der Waals surface area contributed by atoms with Crippen LogP contribution < -0.4 is 5.32 Å². The third-order valence-electron chi connectivity index (χ3n) is 4.78. The number of hydrogen-bond donors (Lipinski definition) is 1. The van der Waals surface area contributed by atoms with E-state index in [1.807, 2.05) is 0 Å². The van der Waals surface area contributed by atoms with E-state index < -0.39 is 0 Å². The summed E-state index contributed by atoms with van der Waals surface area (Å²) in [6.45, 7) is 12.1. The van der Waals surface area contributed by atoms with E-state index in [2.05, 4.69) is 29.0 Å². The molecule has 0 aromatic heterocycles. The second-order valence-electron chi connectivity index (χ2n) is 6.08. The predicted molar refractivity (Wildman–Crippen MR) is 78.0 cm³/mol.